The summed E-state index contributed by atoms with van der Waals surface area (Å²) < 4.78 is 19.4. The van der Waals surface area contributed by atoms with Crippen molar-refractivity contribution in [2.24, 2.45) is 0 Å². The van der Waals surface area contributed by atoms with Gasteiger partial charge in [-0.2, -0.15) is 0 Å². The molecule has 0 aromatic heterocycles. The van der Waals surface area contributed by atoms with E-state index in [1.165, 1.54) is 6.07 Å². The number of aliphatic hydroxyl groups is 1. The molecule has 1 aliphatic rings. The second-order valence-corrected chi connectivity index (χ2v) is 4.31. The lowest BCUT2D eigenvalue weighted by molar-refractivity contribution is -0.0214. The van der Waals surface area contributed by atoms with Gasteiger partial charge < -0.3 is 9.84 Å². The highest BCUT2D eigenvalue weighted by Gasteiger charge is 2.34. The highest BCUT2D eigenvalue weighted by atomic mass is 19.1. The Balaban J connectivity index is 2.20. The van der Waals surface area contributed by atoms with Gasteiger partial charge in [-0.1, -0.05) is 25.1 Å². The maximum Gasteiger partial charge on any atom is 0.140 e. The lowest BCUT2D eigenvalue weighted by atomic mass is 10.1. The standard InChI is InChI=1S/C13H18FNO2/c1-2-7-15-8-10(9-16)17-13(15)11-5-3-4-6-12(11)14/h3-6,10,13,16H,2,7-9H2,1H3. The fourth-order valence-electron chi connectivity index (χ4n) is 2.21. The van der Waals surface area contributed by atoms with Crippen molar-refractivity contribution in [1.82, 2.24) is 4.90 Å². The Morgan fingerprint density at radius 2 is 2.24 bits per heavy atom. The number of benzene rings is 1. The molecule has 1 saturated heterocycles. The van der Waals surface area contributed by atoms with Crippen molar-refractivity contribution >= 4 is 0 Å². The molecule has 1 aliphatic heterocycles. The maximum absolute atomic E-state index is 13.7. The van der Waals surface area contributed by atoms with Crippen LogP contribution < -0.4 is 0 Å². The number of rotatable bonds is 4. The van der Waals surface area contributed by atoms with Crippen molar-refractivity contribution in [3.8, 4) is 0 Å². The maximum atomic E-state index is 13.7. The number of hydrogen-bond donors (Lipinski definition) is 1. The van der Waals surface area contributed by atoms with Gasteiger partial charge in [-0.25, -0.2) is 4.39 Å². The van der Waals surface area contributed by atoms with Gasteiger partial charge in [0, 0.05) is 18.7 Å². The Bertz CT molecular complexity index is 372. The van der Waals surface area contributed by atoms with E-state index in [1.54, 1.807) is 18.2 Å². The number of aliphatic hydroxyl groups excluding tert-OH is 1. The Morgan fingerprint density at radius 1 is 1.47 bits per heavy atom. The van der Waals surface area contributed by atoms with Crippen LogP contribution in [0.15, 0.2) is 24.3 Å². The van der Waals surface area contributed by atoms with E-state index in [0.29, 0.717) is 12.1 Å². The van der Waals surface area contributed by atoms with Gasteiger partial charge in [-0.05, 0) is 12.5 Å². The molecule has 0 spiro atoms. The first-order valence-corrected chi connectivity index (χ1v) is 6.01. The van der Waals surface area contributed by atoms with E-state index in [2.05, 4.69) is 11.8 Å². The van der Waals surface area contributed by atoms with E-state index < -0.39 is 0 Å². The first-order valence-electron chi connectivity index (χ1n) is 6.01. The molecule has 1 heterocycles. The molecular formula is C13H18FNO2. The molecule has 0 aliphatic carbocycles. The normalized spacial score (nSPS) is 25.4. The van der Waals surface area contributed by atoms with E-state index in [0.717, 1.165) is 13.0 Å². The summed E-state index contributed by atoms with van der Waals surface area (Å²) in [6.45, 7) is 3.55. The summed E-state index contributed by atoms with van der Waals surface area (Å²) in [5, 5.41) is 9.14. The van der Waals surface area contributed by atoms with Crippen LogP contribution >= 0.6 is 0 Å². The molecule has 0 radical (unpaired) electrons. The Kier molecular flexibility index (Phi) is 4.10. The molecule has 1 fully saturated rings. The molecule has 0 bridgehead atoms. The molecule has 3 nitrogen and oxygen atoms in total. The molecular weight excluding hydrogens is 221 g/mol. The smallest absolute Gasteiger partial charge is 0.140 e. The largest absolute Gasteiger partial charge is 0.394 e. The summed E-state index contributed by atoms with van der Waals surface area (Å²) in [7, 11) is 0. The quantitative estimate of drug-likeness (QED) is 0.871. The van der Waals surface area contributed by atoms with E-state index in [4.69, 9.17) is 9.84 Å². The van der Waals surface area contributed by atoms with Gasteiger partial charge in [-0.15, -0.1) is 0 Å². The average molecular weight is 239 g/mol. The Morgan fingerprint density at radius 3 is 2.88 bits per heavy atom. The van der Waals surface area contributed by atoms with E-state index in [-0.39, 0.29) is 24.8 Å². The predicted molar refractivity (Wildman–Crippen MR) is 63.0 cm³/mol. The number of ether oxygens (including phenoxy) is 1. The van der Waals surface area contributed by atoms with Crippen molar-refractivity contribution in [3.63, 3.8) is 0 Å². The van der Waals surface area contributed by atoms with Crippen LogP contribution in [0.2, 0.25) is 0 Å². The number of halogens is 1. The summed E-state index contributed by atoms with van der Waals surface area (Å²) in [5.41, 5.74) is 0.553. The summed E-state index contributed by atoms with van der Waals surface area (Å²) in [4.78, 5) is 2.07. The zero-order valence-corrected chi connectivity index (χ0v) is 9.97. The summed E-state index contributed by atoms with van der Waals surface area (Å²) in [5.74, 6) is -0.253. The van der Waals surface area contributed by atoms with Crippen molar-refractivity contribution in [1.29, 1.82) is 0 Å². The SMILES string of the molecule is CCCN1CC(CO)OC1c1ccccc1F. The van der Waals surface area contributed by atoms with Gasteiger partial charge in [0.25, 0.3) is 0 Å². The molecule has 2 atom stereocenters. The minimum atomic E-state index is -0.367. The van der Waals surface area contributed by atoms with E-state index >= 15 is 0 Å². The van der Waals surface area contributed by atoms with Crippen molar-refractivity contribution in [2.45, 2.75) is 25.7 Å². The highest BCUT2D eigenvalue weighted by molar-refractivity contribution is 5.20. The molecule has 17 heavy (non-hydrogen) atoms. The fraction of sp³-hybridized carbons (Fsp3) is 0.538. The molecule has 1 aromatic rings. The van der Waals surface area contributed by atoms with Crippen LogP contribution in [0.25, 0.3) is 0 Å². The van der Waals surface area contributed by atoms with Gasteiger partial charge in [0.2, 0.25) is 0 Å². The fourth-order valence-corrected chi connectivity index (χ4v) is 2.21. The monoisotopic (exact) mass is 239 g/mol. The topological polar surface area (TPSA) is 32.7 Å². The van der Waals surface area contributed by atoms with Gasteiger partial charge >= 0.3 is 0 Å². The minimum absolute atomic E-state index is 0.0227. The van der Waals surface area contributed by atoms with Crippen LogP contribution in [0.5, 0.6) is 0 Å². The molecule has 2 rings (SSSR count). The molecule has 94 valence electrons. The molecule has 0 saturated carbocycles. The summed E-state index contributed by atoms with van der Waals surface area (Å²) >= 11 is 0. The lowest BCUT2D eigenvalue weighted by Crippen LogP contribution is -2.26. The first-order chi connectivity index (χ1) is 8.26. The van der Waals surface area contributed by atoms with Crippen LogP contribution in [0.4, 0.5) is 4.39 Å². The molecule has 1 aromatic carbocycles. The van der Waals surface area contributed by atoms with Gasteiger partial charge in [0.1, 0.15) is 12.0 Å². The van der Waals surface area contributed by atoms with Crippen LogP contribution in [0.3, 0.4) is 0 Å². The minimum Gasteiger partial charge on any atom is -0.394 e. The van der Waals surface area contributed by atoms with Crippen molar-refractivity contribution < 1.29 is 14.2 Å². The van der Waals surface area contributed by atoms with Crippen molar-refractivity contribution in [2.75, 3.05) is 19.7 Å². The Hall–Kier alpha value is -0.970. The molecule has 0 amide bonds. The van der Waals surface area contributed by atoms with Crippen LogP contribution in [0.1, 0.15) is 25.1 Å². The number of nitrogens with zero attached hydrogens (tertiary/aromatic N) is 1. The molecule has 1 N–H and O–H groups in total. The second-order valence-electron chi connectivity index (χ2n) is 4.31. The lowest BCUT2D eigenvalue weighted by Gasteiger charge is -2.22. The van der Waals surface area contributed by atoms with Crippen molar-refractivity contribution in [3.05, 3.63) is 35.6 Å². The van der Waals surface area contributed by atoms with Crippen LogP contribution in [-0.2, 0) is 4.74 Å². The Labute approximate surface area is 101 Å². The molecule has 2 unspecified atom stereocenters. The summed E-state index contributed by atoms with van der Waals surface area (Å²) in [6, 6.07) is 6.65. The van der Waals surface area contributed by atoms with Crippen LogP contribution in [0, 0.1) is 5.82 Å². The first kappa shape index (κ1) is 12.5. The third-order valence-corrected chi connectivity index (χ3v) is 2.98. The van der Waals surface area contributed by atoms with Crippen LogP contribution in [-0.4, -0.2) is 35.8 Å². The third kappa shape index (κ3) is 2.65. The number of hydrogen-bond acceptors (Lipinski definition) is 3. The van der Waals surface area contributed by atoms with Gasteiger partial charge in [-0.3, -0.25) is 4.90 Å². The zero-order chi connectivity index (χ0) is 12.3. The van der Waals surface area contributed by atoms with E-state index in [9.17, 15) is 4.39 Å². The second kappa shape index (κ2) is 5.58. The van der Waals surface area contributed by atoms with Gasteiger partial charge in [0.15, 0.2) is 0 Å². The zero-order valence-electron chi connectivity index (χ0n) is 9.97. The average Bonchev–Trinajstić information content (AvgIpc) is 2.73. The van der Waals surface area contributed by atoms with E-state index in [1.807, 2.05) is 0 Å². The summed E-state index contributed by atoms with van der Waals surface area (Å²) in [6.07, 6.45) is 0.395. The van der Waals surface area contributed by atoms with Gasteiger partial charge in [0.05, 0.1) is 12.7 Å². The molecule has 4 heteroatoms. The third-order valence-electron chi connectivity index (χ3n) is 2.98. The predicted octanol–water partition coefficient (Wildman–Crippen LogP) is 1.93. The highest BCUT2D eigenvalue weighted by Crippen LogP contribution is 2.31.